The Morgan fingerprint density at radius 2 is 2.08 bits per heavy atom. The first kappa shape index (κ1) is 9.33. The molecule has 0 unspecified atom stereocenters. The summed E-state index contributed by atoms with van der Waals surface area (Å²) in [4.78, 5) is 0. The van der Waals surface area contributed by atoms with Crippen molar-refractivity contribution in [3.63, 3.8) is 0 Å². The molecule has 2 N–H and O–H groups in total. The standard InChI is InChI=1S/C10H18N2/c1-10(2,3)12-8-4-5-9(12)6-7-11/h4-5,8H,6-7,11H2,1-3H3. The quantitative estimate of drug-likeness (QED) is 0.713. The maximum absolute atomic E-state index is 5.52. The molecule has 1 aromatic rings. The van der Waals surface area contributed by atoms with Gasteiger partial charge in [0.15, 0.2) is 0 Å². The third-order valence-electron chi connectivity index (χ3n) is 1.96. The molecule has 0 aromatic carbocycles. The normalized spacial score (nSPS) is 12.0. The SMILES string of the molecule is CC(C)(C)n1cccc1CCN. The molecule has 0 bridgehead atoms. The third-order valence-corrected chi connectivity index (χ3v) is 1.96. The van der Waals surface area contributed by atoms with E-state index in [4.69, 9.17) is 5.73 Å². The van der Waals surface area contributed by atoms with Crippen LogP contribution in [0.5, 0.6) is 0 Å². The Kier molecular flexibility index (Phi) is 2.58. The minimum absolute atomic E-state index is 0.175. The van der Waals surface area contributed by atoms with Crippen molar-refractivity contribution in [1.29, 1.82) is 0 Å². The maximum Gasteiger partial charge on any atom is 0.0358 e. The van der Waals surface area contributed by atoms with E-state index >= 15 is 0 Å². The van der Waals surface area contributed by atoms with Gasteiger partial charge in [-0.3, -0.25) is 0 Å². The Balaban J connectivity index is 2.91. The second-order valence-corrected chi connectivity index (χ2v) is 4.08. The van der Waals surface area contributed by atoms with Crippen LogP contribution in [0.1, 0.15) is 26.5 Å². The molecule has 12 heavy (non-hydrogen) atoms. The molecule has 0 aliphatic rings. The molecular formula is C10H18N2. The van der Waals surface area contributed by atoms with Crippen LogP contribution in [-0.4, -0.2) is 11.1 Å². The molecule has 0 aliphatic carbocycles. The number of hydrogen-bond acceptors (Lipinski definition) is 1. The van der Waals surface area contributed by atoms with E-state index in [0.717, 1.165) is 13.0 Å². The second-order valence-electron chi connectivity index (χ2n) is 4.08. The zero-order chi connectivity index (χ0) is 9.19. The van der Waals surface area contributed by atoms with Gasteiger partial charge in [-0.05, 0) is 45.9 Å². The van der Waals surface area contributed by atoms with Crippen molar-refractivity contribution in [3.05, 3.63) is 24.0 Å². The van der Waals surface area contributed by atoms with Gasteiger partial charge in [0.2, 0.25) is 0 Å². The highest BCUT2D eigenvalue weighted by atomic mass is 15.0. The molecule has 1 rings (SSSR count). The van der Waals surface area contributed by atoms with E-state index in [9.17, 15) is 0 Å². The number of rotatable bonds is 2. The lowest BCUT2D eigenvalue weighted by Gasteiger charge is -2.24. The first-order valence-electron chi connectivity index (χ1n) is 4.42. The Morgan fingerprint density at radius 3 is 2.58 bits per heavy atom. The van der Waals surface area contributed by atoms with Gasteiger partial charge in [0.05, 0.1) is 0 Å². The van der Waals surface area contributed by atoms with Gasteiger partial charge in [-0.25, -0.2) is 0 Å². The van der Waals surface area contributed by atoms with Gasteiger partial charge in [0.1, 0.15) is 0 Å². The van der Waals surface area contributed by atoms with Crippen molar-refractivity contribution >= 4 is 0 Å². The predicted molar refractivity (Wildman–Crippen MR) is 52.2 cm³/mol. The molecule has 0 saturated heterocycles. The highest BCUT2D eigenvalue weighted by Gasteiger charge is 2.14. The molecule has 0 atom stereocenters. The van der Waals surface area contributed by atoms with Gasteiger partial charge in [0, 0.05) is 17.4 Å². The monoisotopic (exact) mass is 166 g/mol. The maximum atomic E-state index is 5.52. The predicted octanol–water partition coefficient (Wildman–Crippen LogP) is 1.74. The largest absolute Gasteiger partial charge is 0.346 e. The zero-order valence-corrected chi connectivity index (χ0v) is 8.17. The average molecular weight is 166 g/mol. The number of nitrogens with zero attached hydrogens (tertiary/aromatic N) is 1. The van der Waals surface area contributed by atoms with E-state index in [-0.39, 0.29) is 5.54 Å². The number of nitrogens with two attached hydrogens (primary N) is 1. The summed E-state index contributed by atoms with van der Waals surface area (Å²) >= 11 is 0. The highest BCUT2D eigenvalue weighted by molar-refractivity contribution is 5.10. The van der Waals surface area contributed by atoms with Crippen molar-refractivity contribution < 1.29 is 0 Å². The molecule has 0 fully saturated rings. The Labute approximate surface area is 74.4 Å². The van der Waals surface area contributed by atoms with Crippen molar-refractivity contribution in [2.75, 3.05) is 6.54 Å². The van der Waals surface area contributed by atoms with Gasteiger partial charge < -0.3 is 10.3 Å². The first-order chi connectivity index (χ1) is 5.55. The molecule has 0 radical (unpaired) electrons. The summed E-state index contributed by atoms with van der Waals surface area (Å²) in [6.45, 7) is 7.33. The highest BCUT2D eigenvalue weighted by Crippen LogP contribution is 2.17. The molecule has 68 valence electrons. The van der Waals surface area contributed by atoms with Crippen LogP contribution in [0, 0.1) is 0 Å². The minimum atomic E-state index is 0.175. The van der Waals surface area contributed by atoms with Crippen LogP contribution < -0.4 is 5.73 Å². The lowest BCUT2D eigenvalue weighted by atomic mass is 10.1. The molecule has 0 saturated carbocycles. The Hall–Kier alpha value is -0.760. The summed E-state index contributed by atoms with van der Waals surface area (Å²) in [5.41, 5.74) is 7.02. The average Bonchev–Trinajstić information content (AvgIpc) is 2.34. The van der Waals surface area contributed by atoms with E-state index in [0.29, 0.717) is 0 Å². The van der Waals surface area contributed by atoms with E-state index in [1.54, 1.807) is 0 Å². The molecule has 0 spiro atoms. The van der Waals surface area contributed by atoms with Crippen molar-refractivity contribution in [2.45, 2.75) is 32.7 Å². The van der Waals surface area contributed by atoms with Gasteiger partial charge in [-0.15, -0.1) is 0 Å². The number of hydrogen-bond donors (Lipinski definition) is 1. The summed E-state index contributed by atoms with van der Waals surface area (Å²) in [7, 11) is 0. The summed E-state index contributed by atoms with van der Waals surface area (Å²) in [5.74, 6) is 0. The van der Waals surface area contributed by atoms with Gasteiger partial charge in [-0.1, -0.05) is 0 Å². The lowest BCUT2D eigenvalue weighted by Crippen LogP contribution is -2.24. The van der Waals surface area contributed by atoms with Crippen LogP contribution in [0.4, 0.5) is 0 Å². The molecule has 1 aromatic heterocycles. The minimum Gasteiger partial charge on any atom is -0.346 e. The lowest BCUT2D eigenvalue weighted by molar-refractivity contribution is 0.386. The van der Waals surface area contributed by atoms with Gasteiger partial charge in [0.25, 0.3) is 0 Å². The Morgan fingerprint density at radius 1 is 1.42 bits per heavy atom. The summed E-state index contributed by atoms with van der Waals surface area (Å²) in [5, 5.41) is 0. The fraction of sp³-hybridized carbons (Fsp3) is 0.600. The smallest absolute Gasteiger partial charge is 0.0358 e. The zero-order valence-electron chi connectivity index (χ0n) is 8.17. The van der Waals surface area contributed by atoms with Crippen molar-refractivity contribution in [1.82, 2.24) is 4.57 Å². The molecule has 2 nitrogen and oxygen atoms in total. The van der Waals surface area contributed by atoms with Crippen LogP contribution in [-0.2, 0) is 12.0 Å². The Bertz CT molecular complexity index is 243. The van der Waals surface area contributed by atoms with E-state index < -0.39 is 0 Å². The summed E-state index contributed by atoms with van der Waals surface area (Å²) in [6.07, 6.45) is 3.08. The molecule has 0 amide bonds. The van der Waals surface area contributed by atoms with Crippen LogP contribution >= 0.6 is 0 Å². The van der Waals surface area contributed by atoms with Crippen LogP contribution in [0.25, 0.3) is 0 Å². The van der Waals surface area contributed by atoms with Crippen LogP contribution in [0.3, 0.4) is 0 Å². The van der Waals surface area contributed by atoms with Gasteiger partial charge >= 0.3 is 0 Å². The van der Waals surface area contributed by atoms with E-state index in [1.165, 1.54) is 5.69 Å². The first-order valence-corrected chi connectivity index (χ1v) is 4.42. The topological polar surface area (TPSA) is 30.9 Å². The second kappa shape index (κ2) is 3.31. The van der Waals surface area contributed by atoms with E-state index in [1.807, 2.05) is 0 Å². The fourth-order valence-electron chi connectivity index (χ4n) is 1.42. The molecule has 1 heterocycles. The third kappa shape index (κ3) is 1.89. The van der Waals surface area contributed by atoms with Gasteiger partial charge in [-0.2, -0.15) is 0 Å². The van der Waals surface area contributed by atoms with Crippen molar-refractivity contribution in [2.24, 2.45) is 5.73 Å². The van der Waals surface area contributed by atoms with E-state index in [2.05, 4.69) is 43.7 Å². The van der Waals surface area contributed by atoms with Crippen molar-refractivity contribution in [3.8, 4) is 0 Å². The van der Waals surface area contributed by atoms with Crippen LogP contribution in [0.15, 0.2) is 18.3 Å². The molecule has 2 heteroatoms. The molecule has 0 aliphatic heterocycles. The molecular weight excluding hydrogens is 148 g/mol. The summed E-state index contributed by atoms with van der Waals surface area (Å²) in [6, 6.07) is 4.22. The summed E-state index contributed by atoms with van der Waals surface area (Å²) < 4.78 is 2.28. The number of aromatic nitrogens is 1. The fourth-order valence-corrected chi connectivity index (χ4v) is 1.42. The van der Waals surface area contributed by atoms with Crippen LogP contribution in [0.2, 0.25) is 0 Å².